The molecule has 1 heterocycles. The summed E-state index contributed by atoms with van der Waals surface area (Å²) in [6.07, 6.45) is 0.801. The van der Waals surface area contributed by atoms with Gasteiger partial charge in [0.15, 0.2) is 13.0 Å². The quantitative estimate of drug-likeness (QED) is 0.156. The predicted molar refractivity (Wildman–Crippen MR) is 157 cm³/mol. The lowest BCUT2D eigenvalue weighted by Crippen LogP contribution is -2.39. The van der Waals surface area contributed by atoms with E-state index in [-0.39, 0.29) is 24.5 Å². The third-order valence-electron chi connectivity index (χ3n) is 5.35. The minimum Gasteiger partial charge on any atom is -0.514 e. The number of aliphatic hydroxyl groups is 2. The van der Waals surface area contributed by atoms with Crippen LogP contribution in [0.5, 0.6) is 5.75 Å². The number of sulfone groups is 1. The van der Waals surface area contributed by atoms with Gasteiger partial charge in [-0.25, -0.2) is 12.8 Å². The van der Waals surface area contributed by atoms with Gasteiger partial charge in [-0.1, -0.05) is 43.5 Å². The summed E-state index contributed by atoms with van der Waals surface area (Å²) < 4.78 is 46.2. The second-order valence-corrected chi connectivity index (χ2v) is 13.3. The first-order chi connectivity index (χ1) is 17.4. The van der Waals surface area contributed by atoms with Crippen LogP contribution in [-0.2, 0) is 22.8 Å². The molecule has 3 N–H and O–H groups in total. The molecule has 2 atom stereocenters. The van der Waals surface area contributed by atoms with E-state index >= 15 is 0 Å². The van der Waals surface area contributed by atoms with Crippen molar-refractivity contribution in [2.45, 2.75) is 40.3 Å². The number of benzene rings is 2. The molecule has 0 aliphatic rings. The van der Waals surface area contributed by atoms with Crippen molar-refractivity contribution in [3.05, 3.63) is 53.7 Å². The average Bonchev–Trinajstić information content (AvgIpc) is 3.11. The number of nitrogens with zero attached hydrogens (tertiary/aromatic N) is 1. The molecule has 0 saturated carbocycles. The summed E-state index contributed by atoms with van der Waals surface area (Å²) in [4.78, 5) is -0.582. The molecular formula is C23H23B4FN2O5P2S. The highest BCUT2D eigenvalue weighted by molar-refractivity contribution is 7.93. The lowest BCUT2D eigenvalue weighted by Gasteiger charge is -2.26. The molecule has 0 amide bonds. The Morgan fingerprint density at radius 2 is 1.82 bits per heavy atom. The second-order valence-electron chi connectivity index (χ2n) is 8.68. The molecule has 0 fully saturated rings. The third kappa shape index (κ3) is 7.37. The van der Waals surface area contributed by atoms with Crippen molar-refractivity contribution in [1.82, 2.24) is 4.57 Å². The van der Waals surface area contributed by atoms with E-state index in [0.29, 0.717) is 5.69 Å². The molecular weight excluding hydrogens is 541 g/mol. The van der Waals surface area contributed by atoms with Gasteiger partial charge in [0.05, 0.1) is 29.4 Å². The largest absolute Gasteiger partial charge is 0.514 e. The number of halogens is 1. The number of alkyl halides is 1. The second kappa shape index (κ2) is 11.3. The van der Waals surface area contributed by atoms with Gasteiger partial charge in [-0.05, 0) is 47.5 Å². The maximum atomic E-state index is 14.5. The molecule has 190 valence electrons. The number of rotatable bonds is 9. The van der Waals surface area contributed by atoms with Gasteiger partial charge in [0.1, 0.15) is 29.3 Å². The molecule has 0 aliphatic carbocycles. The van der Waals surface area contributed by atoms with E-state index in [1.165, 1.54) is 6.07 Å². The zero-order valence-electron chi connectivity index (χ0n) is 20.5. The summed E-state index contributed by atoms with van der Waals surface area (Å²) in [5, 5.41) is 15.4. The van der Waals surface area contributed by atoms with E-state index in [0.717, 1.165) is 35.0 Å². The van der Waals surface area contributed by atoms with Gasteiger partial charge in [-0.3, -0.25) is 0 Å². The molecule has 7 nitrogen and oxygen atoms in total. The molecule has 0 aliphatic heterocycles. The van der Waals surface area contributed by atoms with Crippen molar-refractivity contribution in [2.24, 2.45) is 0 Å². The molecule has 8 radical (unpaired) electrons. The summed E-state index contributed by atoms with van der Waals surface area (Å²) in [6.45, 7) is 2.12. The molecule has 0 bridgehead atoms. The minimum absolute atomic E-state index is 0.0360. The molecule has 1 aromatic heterocycles. The molecule has 38 heavy (non-hydrogen) atoms. The van der Waals surface area contributed by atoms with E-state index in [1.807, 2.05) is 31.2 Å². The lowest BCUT2D eigenvalue weighted by atomic mass is 9.52. The highest BCUT2D eigenvalue weighted by Gasteiger charge is 2.35. The van der Waals surface area contributed by atoms with Crippen molar-refractivity contribution in [3.63, 3.8) is 0 Å². The number of aryl methyl sites for hydroxylation is 1. The molecule has 2 aromatic carbocycles. The van der Waals surface area contributed by atoms with Crippen molar-refractivity contribution in [3.8, 4) is 17.6 Å². The Hall–Kier alpha value is -1.94. The molecule has 3 rings (SSSR count). The van der Waals surface area contributed by atoms with Crippen molar-refractivity contribution >= 4 is 76.3 Å². The summed E-state index contributed by atoms with van der Waals surface area (Å²) >= 11 is 0. The molecule has 3 aromatic rings. The SMILES string of the molecule is [B]C([B])([B])Oc1cc(S(=O)(=O)C([B])(O)O)ccc1NCC#Cc1cc2c(CC)cccc2n1CC(F)(P)P. The number of hydrogen-bond acceptors (Lipinski definition) is 6. The number of ether oxygens (including phenoxy) is 1. The Kier molecular flexibility index (Phi) is 9.08. The van der Waals surface area contributed by atoms with Gasteiger partial charge >= 0.3 is 0 Å². The van der Waals surface area contributed by atoms with Crippen LogP contribution in [0.2, 0.25) is 0 Å². The maximum absolute atomic E-state index is 14.5. The van der Waals surface area contributed by atoms with Crippen LogP contribution in [0.1, 0.15) is 18.2 Å². The Bertz CT molecular complexity index is 1500. The number of nitrogens with one attached hydrogen (secondary N) is 1. The topological polar surface area (TPSA) is 101 Å². The zero-order valence-corrected chi connectivity index (χ0v) is 23.6. The van der Waals surface area contributed by atoms with E-state index < -0.39 is 30.2 Å². The van der Waals surface area contributed by atoms with Crippen molar-refractivity contribution in [1.29, 1.82) is 0 Å². The highest BCUT2D eigenvalue weighted by Crippen LogP contribution is 2.34. The third-order valence-corrected chi connectivity index (χ3v) is 7.38. The maximum Gasteiger partial charge on any atom is 0.223 e. The zero-order chi connectivity index (χ0) is 28.5. The predicted octanol–water partition coefficient (Wildman–Crippen LogP) is 1.07. The molecule has 2 unspecified atom stereocenters. The van der Waals surface area contributed by atoms with Gasteiger partial charge in [-0.2, -0.15) is 0 Å². The summed E-state index contributed by atoms with van der Waals surface area (Å²) in [7, 11) is 21.0. The fraction of sp³-hybridized carbons (Fsp3) is 0.304. The van der Waals surface area contributed by atoms with Gasteiger partial charge in [-0.15, -0.1) is 0 Å². The summed E-state index contributed by atoms with van der Waals surface area (Å²) in [5.41, 5.74) is 2.77. The molecule has 15 heteroatoms. The van der Waals surface area contributed by atoms with Gasteiger partial charge < -0.3 is 24.8 Å². The van der Waals surface area contributed by atoms with E-state index in [2.05, 4.69) is 35.6 Å². The van der Waals surface area contributed by atoms with Crippen LogP contribution in [0.15, 0.2) is 47.4 Å². The number of hydrogen-bond donors (Lipinski definition) is 3. The first kappa shape index (κ1) is 30.6. The highest BCUT2D eigenvalue weighted by atomic mass is 32.2. The number of aromatic nitrogens is 1. The fourth-order valence-corrected chi connectivity index (χ4v) is 4.93. The molecule has 0 spiro atoms. The van der Waals surface area contributed by atoms with E-state index in [9.17, 15) is 23.0 Å². The fourth-order valence-electron chi connectivity index (χ4n) is 3.71. The van der Waals surface area contributed by atoms with Crippen LogP contribution < -0.4 is 10.1 Å². The van der Waals surface area contributed by atoms with Crippen LogP contribution in [0, 0.1) is 11.8 Å². The Balaban J connectivity index is 1.94. The minimum atomic E-state index is -4.78. The molecule has 0 saturated heterocycles. The van der Waals surface area contributed by atoms with Crippen molar-refractivity contribution in [2.75, 3.05) is 11.9 Å². The first-order valence-corrected chi connectivity index (χ1v) is 13.9. The van der Waals surface area contributed by atoms with Gasteiger partial charge in [0.25, 0.3) is 0 Å². The van der Waals surface area contributed by atoms with E-state index in [1.54, 1.807) is 4.57 Å². The Morgan fingerprint density at radius 1 is 1.13 bits per heavy atom. The van der Waals surface area contributed by atoms with E-state index in [4.69, 9.17) is 36.1 Å². The van der Waals surface area contributed by atoms with Gasteiger partial charge in [0, 0.05) is 17.0 Å². The lowest BCUT2D eigenvalue weighted by molar-refractivity contribution is -0.0111. The first-order valence-electron chi connectivity index (χ1n) is 11.2. The van der Waals surface area contributed by atoms with Crippen LogP contribution in [0.25, 0.3) is 10.9 Å². The average molecular weight is 564 g/mol. The van der Waals surface area contributed by atoms with Crippen LogP contribution in [0.3, 0.4) is 0 Å². The Labute approximate surface area is 231 Å². The van der Waals surface area contributed by atoms with Crippen LogP contribution in [0.4, 0.5) is 10.1 Å². The number of anilines is 1. The smallest absolute Gasteiger partial charge is 0.223 e. The number of fused-ring (bicyclic) bond motifs is 1. The van der Waals surface area contributed by atoms with Gasteiger partial charge in [0.2, 0.25) is 14.9 Å². The summed E-state index contributed by atoms with van der Waals surface area (Å²) in [6, 6.07) is 11.0. The normalized spacial score (nSPS) is 12.7. The summed E-state index contributed by atoms with van der Waals surface area (Å²) in [5.74, 6) is 5.78. The Morgan fingerprint density at radius 3 is 2.39 bits per heavy atom. The van der Waals surface area contributed by atoms with Crippen molar-refractivity contribution < 1.29 is 27.8 Å². The van der Waals surface area contributed by atoms with Crippen LogP contribution >= 0.6 is 18.5 Å². The standard InChI is InChI=1S/C23H23B4FN2O5P2S/c1-2-14-5-3-7-19-17(14)11-15(30(19)13-21(28,36)37)6-4-10-29-18-9-8-16(38(33,34)23(27,31)32)12-20(18)35-22(24,25)26/h3,5,7-9,11-12,29,31-32H,2,10,13,36-37H2,1H3. The van der Waals surface area contributed by atoms with Crippen LogP contribution in [-0.4, -0.2) is 76.6 Å². The monoisotopic (exact) mass is 564 g/mol.